The summed E-state index contributed by atoms with van der Waals surface area (Å²) in [5, 5.41) is 9.91. The summed E-state index contributed by atoms with van der Waals surface area (Å²) in [6, 6.07) is 8.98. The number of rotatable bonds is 3. The van der Waals surface area contributed by atoms with E-state index < -0.39 is 5.97 Å². The second-order valence-electron chi connectivity index (χ2n) is 4.33. The van der Waals surface area contributed by atoms with Gasteiger partial charge in [0, 0.05) is 28.9 Å². The molecule has 3 aromatic rings. The second kappa shape index (κ2) is 4.70. The highest BCUT2D eigenvalue weighted by atomic mass is 16.5. The van der Waals surface area contributed by atoms with Gasteiger partial charge < -0.3 is 14.8 Å². The first-order valence-corrected chi connectivity index (χ1v) is 6.04. The van der Waals surface area contributed by atoms with Gasteiger partial charge >= 0.3 is 5.97 Å². The van der Waals surface area contributed by atoms with Gasteiger partial charge in [-0.1, -0.05) is 0 Å². The molecule has 20 heavy (non-hydrogen) atoms. The summed E-state index contributed by atoms with van der Waals surface area (Å²) in [5.74, 6) is -0.291. The molecule has 0 aliphatic rings. The molecule has 1 aromatic carbocycles. The van der Waals surface area contributed by atoms with Gasteiger partial charge in [-0.2, -0.15) is 0 Å². The summed E-state index contributed by atoms with van der Waals surface area (Å²) in [5.41, 5.74) is 2.70. The Hall–Kier alpha value is -2.82. The fraction of sp³-hybridized carbons (Fsp3) is 0.0667. The molecule has 5 nitrogen and oxygen atoms in total. The molecule has 0 radical (unpaired) electrons. The number of aromatic carboxylic acids is 1. The lowest BCUT2D eigenvalue weighted by Gasteiger charge is -2.09. The number of hydrogen-bond acceptors (Lipinski definition) is 3. The topological polar surface area (TPSA) is 75.2 Å². The molecule has 2 aromatic heterocycles. The summed E-state index contributed by atoms with van der Waals surface area (Å²) in [6.45, 7) is 0. The van der Waals surface area contributed by atoms with Crippen molar-refractivity contribution in [2.75, 3.05) is 7.11 Å². The molecular weight excluding hydrogens is 256 g/mol. The number of carboxylic acids is 1. The number of aromatic nitrogens is 2. The summed E-state index contributed by atoms with van der Waals surface area (Å²) in [7, 11) is 1.59. The van der Waals surface area contributed by atoms with E-state index >= 15 is 0 Å². The van der Waals surface area contributed by atoms with Crippen LogP contribution in [0.25, 0.3) is 22.0 Å². The van der Waals surface area contributed by atoms with Crippen molar-refractivity contribution in [3.8, 4) is 16.9 Å². The largest absolute Gasteiger partial charge is 0.496 e. The van der Waals surface area contributed by atoms with E-state index in [-0.39, 0.29) is 5.69 Å². The fourth-order valence-electron chi connectivity index (χ4n) is 2.29. The Kier molecular flexibility index (Phi) is 2.87. The SMILES string of the molecule is COc1ccc2[nH]c(C(=O)O)cc2c1-c1ccncc1. The van der Waals surface area contributed by atoms with Crippen molar-refractivity contribution in [2.24, 2.45) is 0 Å². The van der Waals surface area contributed by atoms with Crippen LogP contribution in [0.5, 0.6) is 5.75 Å². The molecule has 0 saturated carbocycles. The summed E-state index contributed by atoms with van der Waals surface area (Å²) in [6.07, 6.45) is 3.39. The maximum absolute atomic E-state index is 11.1. The zero-order valence-electron chi connectivity index (χ0n) is 10.8. The molecule has 0 saturated heterocycles. The van der Waals surface area contributed by atoms with E-state index in [0.29, 0.717) is 5.75 Å². The summed E-state index contributed by atoms with van der Waals surface area (Å²) < 4.78 is 5.40. The minimum absolute atomic E-state index is 0.156. The van der Waals surface area contributed by atoms with Crippen molar-refractivity contribution in [1.82, 2.24) is 9.97 Å². The number of H-pyrrole nitrogens is 1. The number of fused-ring (bicyclic) bond motifs is 1. The number of benzene rings is 1. The molecule has 0 spiro atoms. The predicted octanol–water partition coefficient (Wildman–Crippen LogP) is 2.94. The van der Waals surface area contributed by atoms with E-state index in [0.717, 1.165) is 22.0 Å². The number of nitrogens with one attached hydrogen (secondary N) is 1. The van der Waals surface area contributed by atoms with Crippen LogP contribution < -0.4 is 4.74 Å². The first-order chi connectivity index (χ1) is 9.70. The van der Waals surface area contributed by atoms with E-state index in [1.54, 1.807) is 25.6 Å². The van der Waals surface area contributed by atoms with E-state index in [9.17, 15) is 4.79 Å². The van der Waals surface area contributed by atoms with Crippen molar-refractivity contribution in [1.29, 1.82) is 0 Å². The van der Waals surface area contributed by atoms with Crippen molar-refractivity contribution < 1.29 is 14.6 Å². The highest BCUT2D eigenvalue weighted by Gasteiger charge is 2.15. The van der Waals surface area contributed by atoms with Crippen molar-refractivity contribution >= 4 is 16.9 Å². The van der Waals surface area contributed by atoms with E-state index in [4.69, 9.17) is 9.84 Å². The van der Waals surface area contributed by atoms with Gasteiger partial charge in [-0.25, -0.2) is 4.79 Å². The Labute approximate surface area is 114 Å². The minimum atomic E-state index is -0.985. The minimum Gasteiger partial charge on any atom is -0.496 e. The molecule has 0 fully saturated rings. The maximum atomic E-state index is 11.1. The van der Waals surface area contributed by atoms with Gasteiger partial charge in [0.05, 0.1) is 7.11 Å². The lowest BCUT2D eigenvalue weighted by atomic mass is 10.0. The number of ether oxygens (including phenoxy) is 1. The zero-order chi connectivity index (χ0) is 14.1. The third-order valence-electron chi connectivity index (χ3n) is 3.18. The Balaban J connectivity index is 2.34. The monoisotopic (exact) mass is 268 g/mol. The molecule has 0 bridgehead atoms. The average molecular weight is 268 g/mol. The zero-order valence-corrected chi connectivity index (χ0v) is 10.8. The highest BCUT2D eigenvalue weighted by Crippen LogP contribution is 2.37. The van der Waals surface area contributed by atoms with Crippen LogP contribution in [0.1, 0.15) is 10.5 Å². The van der Waals surface area contributed by atoms with Crippen molar-refractivity contribution in [3.05, 3.63) is 48.4 Å². The fourth-order valence-corrected chi connectivity index (χ4v) is 2.29. The number of pyridine rings is 1. The smallest absolute Gasteiger partial charge is 0.352 e. The Morgan fingerprint density at radius 2 is 2.00 bits per heavy atom. The van der Waals surface area contributed by atoms with Crippen LogP contribution in [-0.4, -0.2) is 28.2 Å². The Morgan fingerprint density at radius 1 is 1.25 bits per heavy atom. The van der Waals surface area contributed by atoms with Gasteiger partial charge in [0.1, 0.15) is 11.4 Å². The quantitative estimate of drug-likeness (QED) is 0.765. The average Bonchev–Trinajstić information content (AvgIpc) is 2.91. The van der Waals surface area contributed by atoms with Crippen molar-refractivity contribution in [2.45, 2.75) is 0 Å². The highest BCUT2D eigenvalue weighted by molar-refractivity contribution is 6.02. The first-order valence-electron chi connectivity index (χ1n) is 6.04. The van der Waals surface area contributed by atoms with E-state index in [1.807, 2.05) is 24.3 Å². The van der Waals surface area contributed by atoms with Gasteiger partial charge in [-0.3, -0.25) is 4.98 Å². The third-order valence-corrected chi connectivity index (χ3v) is 3.18. The Morgan fingerprint density at radius 3 is 2.65 bits per heavy atom. The van der Waals surface area contributed by atoms with Gasteiger partial charge in [0.2, 0.25) is 0 Å². The molecule has 5 heteroatoms. The number of aromatic amines is 1. The molecule has 3 rings (SSSR count). The number of carboxylic acid groups (broad SMARTS) is 1. The first kappa shape index (κ1) is 12.2. The number of methoxy groups -OCH3 is 1. The lowest BCUT2D eigenvalue weighted by Crippen LogP contribution is -1.94. The second-order valence-corrected chi connectivity index (χ2v) is 4.33. The number of carbonyl (C=O) groups is 1. The third kappa shape index (κ3) is 1.89. The van der Waals surface area contributed by atoms with Crippen LogP contribution in [0.3, 0.4) is 0 Å². The van der Waals surface area contributed by atoms with Crippen LogP contribution in [0, 0.1) is 0 Å². The van der Waals surface area contributed by atoms with Crippen LogP contribution in [0.15, 0.2) is 42.7 Å². The predicted molar refractivity (Wildman–Crippen MR) is 75.0 cm³/mol. The lowest BCUT2D eigenvalue weighted by molar-refractivity contribution is 0.0691. The molecule has 0 atom stereocenters. The van der Waals surface area contributed by atoms with E-state index in [2.05, 4.69) is 9.97 Å². The van der Waals surface area contributed by atoms with Gasteiger partial charge in [0.15, 0.2) is 0 Å². The van der Waals surface area contributed by atoms with Gasteiger partial charge in [-0.05, 0) is 35.9 Å². The van der Waals surface area contributed by atoms with Crippen LogP contribution in [-0.2, 0) is 0 Å². The number of hydrogen-bond donors (Lipinski definition) is 2. The molecule has 2 heterocycles. The summed E-state index contributed by atoms with van der Waals surface area (Å²) in [4.78, 5) is 18.0. The van der Waals surface area contributed by atoms with Crippen LogP contribution in [0.2, 0.25) is 0 Å². The van der Waals surface area contributed by atoms with Crippen molar-refractivity contribution in [3.63, 3.8) is 0 Å². The molecule has 0 aliphatic carbocycles. The number of nitrogens with zero attached hydrogens (tertiary/aromatic N) is 1. The molecule has 0 aliphatic heterocycles. The molecule has 0 unspecified atom stereocenters. The van der Waals surface area contributed by atoms with Crippen LogP contribution >= 0.6 is 0 Å². The van der Waals surface area contributed by atoms with Gasteiger partial charge in [0.25, 0.3) is 0 Å². The molecule has 2 N–H and O–H groups in total. The standard InChI is InChI=1S/C15H12N2O3/c1-20-13-3-2-11-10(8-12(17-11)15(18)19)14(13)9-4-6-16-7-5-9/h2-8,17H,1H3,(H,18,19). The maximum Gasteiger partial charge on any atom is 0.352 e. The molecule has 100 valence electrons. The van der Waals surface area contributed by atoms with Crippen LogP contribution in [0.4, 0.5) is 0 Å². The molecule has 0 amide bonds. The summed E-state index contributed by atoms with van der Waals surface area (Å²) >= 11 is 0. The Bertz CT molecular complexity index is 778. The normalized spacial score (nSPS) is 10.7. The van der Waals surface area contributed by atoms with E-state index in [1.165, 1.54) is 0 Å². The van der Waals surface area contributed by atoms with Gasteiger partial charge in [-0.15, -0.1) is 0 Å². The molecular formula is C15H12N2O3.